The third-order valence-electron chi connectivity index (χ3n) is 2.21. The summed E-state index contributed by atoms with van der Waals surface area (Å²) < 4.78 is 7.30. The first-order chi connectivity index (χ1) is 8.56. The zero-order valence-corrected chi connectivity index (χ0v) is 11.2. The third-order valence-corrected chi connectivity index (χ3v) is 2.90. The van der Waals surface area contributed by atoms with Crippen molar-refractivity contribution in [3.8, 4) is 0 Å². The second kappa shape index (κ2) is 5.18. The molecule has 0 saturated heterocycles. The molecule has 0 aliphatic rings. The lowest BCUT2D eigenvalue weighted by Crippen LogP contribution is -2.07. The van der Waals surface area contributed by atoms with Gasteiger partial charge in [0.15, 0.2) is 0 Å². The molecule has 18 heavy (non-hydrogen) atoms. The molecule has 0 fully saturated rings. The number of esters is 1. The highest BCUT2D eigenvalue weighted by atomic mass is 79.9. The number of benzene rings is 1. The minimum Gasteiger partial charge on any atom is -0.455 e. The average Bonchev–Trinajstić information content (AvgIpc) is 2.75. The summed E-state index contributed by atoms with van der Waals surface area (Å²) in [5.74, 6) is -0.458. The molecule has 0 aliphatic carbocycles. The van der Waals surface area contributed by atoms with Crippen molar-refractivity contribution in [1.29, 1.82) is 0 Å². The van der Waals surface area contributed by atoms with E-state index in [0.29, 0.717) is 21.4 Å². The SMILES string of the molecule is Cn1cc(COC(=O)c2cc(N)ccc2Br)nn1. The molecule has 0 radical (unpaired) electrons. The summed E-state index contributed by atoms with van der Waals surface area (Å²) in [7, 11) is 1.74. The topological polar surface area (TPSA) is 83.0 Å². The van der Waals surface area contributed by atoms with Gasteiger partial charge in [-0.3, -0.25) is 4.68 Å². The largest absolute Gasteiger partial charge is 0.455 e. The quantitative estimate of drug-likeness (QED) is 0.686. The highest BCUT2D eigenvalue weighted by Crippen LogP contribution is 2.20. The molecule has 0 saturated carbocycles. The fourth-order valence-electron chi connectivity index (χ4n) is 1.38. The van der Waals surface area contributed by atoms with E-state index in [1.807, 2.05) is 0 Å². The van der Waals surface area contributed by atoms with Gasteiger partial charge in [-0.1, -0.05) is 5.21 Å². The van der Waals surface area contributed by atoms with E-state index in [1.54, 1.807) is 36.1 Å². The third kappa shape index (κ3) is 2.86. The van der Waals surface area contributed by atoms with Crippen LogP contribution in [0.5, 0.6) is 0 Å². The van der Waals surface area contributed by atoms with Gasteiger partial charge >= 0.3 is 5.97 Å². The lowest BCUT2D eigenvalue weighted by molar-refractivity contribution is 0.0466. The van der Waals surface area contributed by atoms with Crippen LogP contribution in [0.2, 0.25) is 0 Å². The molecule has 2 N–H and O–H groups in total. The summed E-state index contributed by atoms with van der Waals surface area (Å²) >= 11 is 3.27. The number of nitrogens with two attached hydrogens (primary N) is 1. The molecule has 0 bridgehead atoms. The number of rotatable bonds is 3. The average molecular weight is 311 g/mol. The molecular weight excluding hydrogens is 300 g/mol. The van der Waals surface area contributed by atoms with Crippen LogP contribution in [-0.2, 0) is 18.4 Å². The summed E-state index contributed by atoms with van der Waals surface area (Å²) in [5, 5.41) is 7.57. The molecule has 0 unspecified atom stereocenters. The number of nitrogen functional groups attached to an aromatic ring is 1. The van der Waals surface area contributed by atoms with Crippen molar-refractivity contribution in [3.05, 3.63) is 40.1 Å². The first-order valence-electron chi connectivity index (χ1n) is 5.13. The number of halogens is 1. The van der Waals surface area contributed by atoms with Crippen LogP contribution < -0.4 is 5.73 Å². The monoisotopic (exact) mass is 310 g/mol. The first kappa shape index (κ1) is 12.6. The zero-order chi connectivity index (χ0) is 13.1. The Morgan fingerprint density at radius 3 is 3.00 bits per heavy atom. The van der Waals surface area contributed by atoms with Crippen molar-refractivity contribution < 1.29 is 9.53 Å². The van der Waals surface area contributed by atoms with Crippen molar-refractivity contribution in [2.24, 2.45) is 7.05 Å². The van der Waals surface area contributed by atoms with E-state index >= 15 is 0 Å². The van der Waals surface area contributed by atoms with Crippen LogP contribution in [0.3, 0.4) is 0 Å². The van der Waals surface area contributed by atoms with Crippen LogP contribution in [-0.4, -0.2) is 21.0 Å². The minimum atomic E-state index is -0.458. The van der Waals surface area contributed by atoms with Gasteiger partial charge in [-0.2, -0.15) is 0 Å². The smallest absolute Gasteiger partial charge is 0.339 e. The molecule has 0 atom stereocenters. The molecule has 1 heterocycles. The second-order valence-electron chi connectivity index (χ2n) is 3.70. The van der Waals surface area contributed by atoms with Gasteiger partial charge in [0.25, 0.3) is 0 Å². The van der Waals surface area contributed by atoms with Crippen molar-refractivity contribution in [1.82, 2.24) is 15.0 Å². The predicted octanol–water partition coefficient (Wildman–Crippen LogP) is 1.52. The molecule has 2 aromatic rings. The Bertz CT molecular complexity index is 582. The lowest BCUT2D eigenvalue weighted by Gasteiger charge is -2.05. The molecule has 1 aromatic carbocycles. The van der Waals surface area contributed by atoms with Crippen molar-refractivity contribution in [2.45, 2.75) is 6.61 Å². The Morgan fingerprint density at radius 1 is 1.56 bits per heavy atom. The maximum atomic E-state index is 11.8. The molecule has 6 nitrogen and oxygen atoms in total. The second-order valence-corrected chi connectivity index (χ2v) is 4.55. The number of carbonyl (C=O) groups is 1. The highest BCUT2D eigenvalue weighted by molar-refractivity contribution is 9.10. The number of carbonyl (C=O) groups excluding carboxylic acids is 1. The molecule has 2 rings (SSSR count). The molecule has 1 aromatic heterocycles. The standard InChI is InChI=1S/C11H11BrN4O2/c1-16-5-8(14-15-16)6-18-11(17)9-4-7(13)2-3-10(9)12/h2-5H,6,13H2,1H3. The molecule has 0 amide bonds. The number of ether oxygens (including phenoxy) is 1. The summed E-state index contributed by atoms with van der Waals surface area (Å²) in [6.07, 6.45) is 1.68. The van der Waals surface area contributed by atoms with Crippen LogP contribution >= 0.6 is 15.9 Å². The molecular formula is C11H11BrN4O2. The number of nitrogens with zero attached hydrogens (tertiary/aromatic N) is 3. The van der Waals surface area contributed by atoms with Crippen LogP contribution in [0.25, 0.3) is 0 Å². The number of aromatic nitrogens is 3. The van der Waals surface area contributed by atoms with Crippen LogP contribution in [0, 0.1) is 0 Å². The summed E-state index contributed by atoms with van der Waals surface area (Å²) in [6, 6.07) is 4.96. The Hall–Kier alpha value is -1.89. The Balaban J connectivity index is 2.05. The van der Waals surface area contributed by atoms with E-state index < -0.39 is 5.97 Å². The van der Waals surface area contributed by atoms with E-state index in [0.717, 1.165) is 0 Å². The normalized spacial score (nSPS) is 10.3. The molecule has 0 spiro atoms. The summed E-state index contributed by atoms with van der Waals surface area (Å²) in [4.78, 5) is 11.8. The van der Waals surface area contributed by atoms with Gasteiger partial charge in [-0.25, -0.2) is 4.79 Å². The molecule has 7 heteroatoms. The van der Waals surface area contributed by atoms with Crippen LogP contribution in [0.15, 0.2) is 28.9 Å². The predicted molar refractivity (Wildman–Crippen MR) is 68.7 cm³/mol. The van der Waals surface area contributed by atoms with Crippen molar-refractivity contribution >= 4 is 27.6 Å². The Labute approximate surface area is 112 Å². The minimum absolute atomic E-state index is 0.0773. The van der Waals surface area contributed by atoms with Gasteiger partial charge in [-0.05, 0) is 34.1 Å². The van der Waals surface area contributed by atoms with Gasteiger partial charge in [0, 0.05) is 17.2 Å². The van der Waals surface area contributed by atoms with Crippen molar-refractivity contribution in [2.75, 3.05) is 5.73 Å². The number of anilines is 1. The van der Waals surface area contributed by atoms with E-state index in [2.05, 4.69) is 26.2 Å². The number of hydrogen-bond donors (Lipinski definition) is 1. The maximum absolute atomic E-state index is 11.8. The van der Waals surface area contributed by atoms with Crippen LogP contribution in [0.1, 0.15) is 16.1 Å². The van der Waals surface area contributed by atoms with Crippen molar-refractivity contribution in [3.63, 3.8) is 0 Å². The van der Waals surface area contributed by atoms with E-state index in [4.69, 9.17) is 10.5 Å². The molecule has 0 aliphatic heterocycles. The van der Waals surface area contributed by atoms with Gasteiger partial charge < -0.3 is 10.5 Å². The van der Waals surface area contributed by atoms with Crippen LogP contribution in [0.4, 0.5) is 5.69 Å². The maximum Gasteiger partial charge on any atom is 0.339 e. The van der Waals surface area contributed by atoms with E-state index in [9.17, 15) is 4.79 Å². The van der Waals surface area contributed by atoms with Gasteiger partial charge in [0.05, 0.1) is 11.8 Å². The number of hydrogen-bond acceptors (Lipinski definition) is 5. The van der Waals surface area contributed by atoms with E-state index in [1.165, 1.54) is 0 Å². The summed E-state index contributed by atoms with van der Waals surface area (Å²) in [6.45, 7) is 0.0773. The lowest BCUT2D eigenvalue weighted by atomic mass is 10.2. The Morgan fingerprint density at radius 2 is 2.33 bits per heavy atom. The Kier molecular flexibility index (Phi) is 3.61. The fraction of sp³-hybridized carbons (Fsp3) is 0.182. The number of aryl methyl sites for hydroxylation is 1. The van der Waals surface area contributed by atoms with Gasteiger partial charge in [0.2, 0.25) is 0 Å². The van der Waals surface area contributed by atoms with Gasteiger partial charge in [-0.15, -0.1) is 5.10 Å². The van der Waals surface area contributed by atoms with E-state index in [-0.39, 0.29) is 6.61 Å². The highest BCUT2D eigenvalue weighted by Gasteiger charge is 2.12. The summed E-state index contributed by atoms with van der Waals surface area (Å²) in [5.41, 5.74) is 7.10. The fourth-order valence-corrected chi connectivity index (χ4v) is 1.79. The zero-order valence-electron chi connectivity index (χ0n) is 9.63. The first-order valence-corrected chi connectivity index (χ1v) is 5.93. The van der Waals surface area contributed by atoms with Gasteiger partial charge in [0.1, 0.15) is 12.3 Å². The molecule has 94 valence electrons.